The van der Waals surface area contributed by atoms with Crippen LogP contribution in [0.5, 0.6) is 0 Å². The Bertz CT molecular complexity index is 812. The van der Waals surface area contributed by atoms with E-state index in [2.05, 4.69) is 36.5 Å². The van der Waals surface area contributed by atoms with Crippen LogP contribution < -0.4 is 5.32 Å². The van der Waals surface area contributed by atoms with E-state index in [1.807, 2.05) is 0 Å². The first-order chi connectivity index (χ1) is 13.1. The summed E-state index contributed by atoms with van der Waals surface area (Å²) in [6, 6.07) is 8.29. The standard InChI is InChI=1S/C21H25NO3S2/c1-3-25-21(24)19-16-6-4-5-7-17(16)27-20(19)22-18(23)12-13-26-15-10-8-14(2)9-11-15/h8-11H,3-7,12-13H2,1-2H3,(H,22,23). The Morgan fingerprint density at radius 2 is 1.93 bits per heavy atom. The molecule has 1 N–H and O–H groups in total. The van der Waals surface area contributed by atoms with Gasteiger partial charge in [0.1, 0.15) is 5.00 Å². The van der Waals surface area contributed by atoms with Gasteiger partial charge in [0.2, 0.25) is 5.91 Å². The van der Waals surface area contributed by atoms with E-state index < -0.39 is 0 Å². The highest BCUT2D eigenvalue weighted by atomic mass is 32.2. The zero-order valence-corrected chi connectivity index (χ0v) is 17.4. The summed E-state index contributed by atoms with van der Waals surface area (Å²) in [5.41, 5.74) is 2.88. The lowest BCUT2D eigenvalue weighted by atomic mass is 9.95. The summed E-state index contributed by atoms with van der Waals surface area (Å²) in [6.07, 6.45) is 4.49. The Hall–Kier alpha value is -1.79. The van der Waals surface area contributed by atoms with E-state index in [0.717, 1.165) is 36.1 Å². The van der Waals surface area contributed by atoms with Gasteiger partial charge in [-0.05, 0) is 57.2 Å². The number of thiophene rings is 1. The molecule has 0 fully saturated rings. The van der Waals surface area contributed by atoms with Crippen molar-refractivity contribution in [1.82, 2.24) is 0 Å². The Morgan fingerprint density at radius 1 is 1.19 bits per heavy atom. The molecule has 0 aliphatic heterocycles. The van der Waals surface area contributed by atoms with E-state index >= 15 is 0 Å². The molecule has 144 valence electrons. The Balaban J connectivity index is 1.63. The Morgan fingerprint density at radius 3 is 2.67 bits per heavy atom. The minimum Gasteiger partial charge on any atom is -0.462 e. The molecule has 1 heterocycles. The number of ether oxygens (including phenoxy) is 1. The number of hydrogen-bond donors (Lipinski definition) is 1. The highest BCUT2D eigenvalue weighted by Gasteiger charge is 2.27. The average molecular weight is 404 g/mol. The summed E-state index contributed by atoms with van der Waals surface area (Å²) in [5.74, 6) is 0.328. The highest BCUT2D eigenvalue weighted by molar-refractivity contribution is 7.99. The van der Waals surface area contributed by atoms with E-state index in [-0.39, 0.29) is 11.9 Å². The third-order valence-electron chi connectivity index (χ3n) is 4.52. The van der Waals surface area contributed by atoms with Crippen molar-refractivity contribution >= 4 is 40.0 Å². The summed E-state index contributed by atoms with van der Waals surface area (Å²) in [7, 11) is 0. The van der Waals surface area contributed by atoms with Gasteiger partial charge in [-0.2, -0.15) is 0 Å². The monoisotopic (exact) mass is 403 g/mol. The van der Waals surface area contributed by atoms with Gasteiger partial charge < -0.3 is 10.1 Å². The molecule has 0 saturated heterocycles. The zero-order valence-electron chi connectivity index (χ0n) is 15.8. The third kappa shape index (κ3) is 5.14. The van der Waals surface area contributed by atoms with Crippen molar-refractivity contribution in [3.8, 4) is 0 Å². The van der Waals surface area contributed by atoms with Crippen molar-refractivity contribution in [2.45, 2.75) is 50.8 Å². The summed E-state index contributed by atoms with van der Waals surface area (Å²) in [4.78, 5) is 27.2. The summed E-state index contributed by atoms with van der Waals surface area (Å²) in [6.45, 7) is 4.20. The van der Waals surface area contributed by atoms with Crippen molar-refractivity contribution in [1.29, 1.82) is 0 Å². The molecule has 0 radical (unpaired) electrons. The van der Waals surface area contributed by atoms with E-state index in [4.69, 9.17) is 4.74 Å². The predicted molar refractivity (Wildman–Crippen MR) is 112 cm³/mol. The number of carbonyl (C=O) groups is 2. The highest BCUT2D eigenvalue weighted by Crippen LogP contribution is 2.38. The van der Waals surface area contributed by atoms with Crippen LogP contribution >= 0.6 is 23.1 Å². The molecule has 6 heteroatoms. The van der Waals surface area contributed by atoms with Gasteiger partial charge in [0.15, 0.2) is 0 Å². The summed E-state index contributed by atoms with van der Waals surface area (Å²) in [5, 5.41) is 3.63. The molecule has 1 aliphatic carbocycles. The van der Waals surface area contributed by atoms with Crippen LogP contribution in [0.4, 0.5) is 5.00 Å². The van der Waals surface area contributed by atoms with Crippen molar-refractivity contribution in [2.24, 2.45) is 0 Å². The number of benzene rings is 1. The number of amides is 1. The maximum Gasteiger partial charge on any atom is 0.341 e. The molecule has 2 aromatic rings. The fourth-order valence-corrected chi connectivity index (χ4v) is 5.30. The van der Waals surface area contributed by atoms with Gasteiger partial charge in [0.25, 0.3) is 0 Å². The molecule has 4 nitrogen and oxygen atoms in total. The second-order valence-corrected chi connectivity index (χ2v) is 8.87. The first kappa shape index (κ1) is 20.0. The van der Waals surface area contributed by atoms with Gasteiger partial charge in [-0.15, -0.1) is 23.1 Å². The van der Waals surface area contributed by atoms with Crippen molar-refractivity contribution < 1.29 is 14.3 Å². The van der Waals surface area contributed by atoms with Gasteiger partial charge in [0, 0.05) is 21.9 Å². The van der Waals surface area contributed by atoms with Crippen LogP contribution in [0, 0.1) is 6.92 Å². The molecule has 0 atom stereocenters. The van der Waals surface area contributed by atoms with Gasteiger partial charge in [-0.3, -0.25) is 4.79 Å². The van der Waals surface area contributed by atoms with E-state index in [1.165, 1.54) is 21.8 Å². The molecular formula is C21H25NO3S2. The molecule has 0 spiro atoms. The van der Waals surface area contributed by atoms with Crippen LogP contribution in [-0.2, 0) is 22.4 Å². The topological polar surface area (TPSA) is 55.4 Å². The van der Waals surface area contributed by atoms with Crippen LogP contribution in [0.15, 0.2) is 29.2 Å². The molecule has 27 heavy (non-hydrogen) atoms. The number of thioether (sulfide) groups is 1. The average Bonchev–Trinajstić information content (AvgIpc) is 3.01. The third-order valence-corrected chi connectivity index (χ3v) is 6.74. The normalized spacial score (nSPS) is 13.1. The fraction of sp³-hybridized carbons (Fsp3) is 0.429. The Kier molecular flexibility index (Phi) is 6.96. The number of esters is 1. The molecule has 1 amide bonds. The first-order valence-electron chi connectivity index (χ1n) is 9.39. The smallest absolute Gasteiger partial charge is 0.341 e. The second-order valence-electron chi connectivity index (χ2n) is 6.60. The maximum absolute atomic E-state index is 12.4. The van der Waals surface area contributed by atoms with E-state index in [0.29, 0.717) is 29.3 Å². The zero-order chi connectivity index (χ0) is 19.2. The van der Waals surface area contributed by atoms with Crippen molar-refractivity contribution in [3.05, 3.63) is 45.8 Å². The van der Waals surface area contributed by atoms with E-state index in [1.54, 1.807) is 18.7 Å². The van der Waals surface area contributed by atoms with Gasteiger partial charge in [-0.25, -0.2) is 4.79 Å². The van der Waals surface area contributed by atoms with Crippen molar-refractivity contribution in [3.63, 3.8) is 0 Å². The SMILES string of the molecule is CCOC(=O)c1c(NC(=O)CCSc2ccc(C)cc2)sc2c1CCCC2. The lowest BCUT2D eigenvalue weighted by molar-refractivity contribution is -0.115. The lowest BCUT2D eigenvalue weighted by Gasteiger charge is -2.12. The number of aryl methyl sites for hydroxylation is 2. The molecule has 0 saturated carbocycles. The molecule has 1 aliphatic rings. The number of fused-ring (bicyclic) bond motifs is 1. The minimum atomic E-state index is -0.318. The number of rotatable bonds is 7. The quantitative estimate of drug-likeness (QED) is 0.508. The number of carbonyl (C=O) groups excluding carboxylic acids is 2. The summed E-state index contributed by atoms with van der Waals surface area (Å²) >= 11 is 3.20. The first-order valence-corrected chi connectivity index (χ1v) is 11.2. The second kappa shape index (κ2) is 9.42. The molecule has 0 unspecified atom stereocenters. The molecule has 3 rings (SSSR count). The largest absolute Gasteiger partial charge is 0.462 e. The molecular weight excluding hydrogens is 378 g/mol. The van der Waals surface area contributed by atoms with Crippen LogP contribution in [-0.4, -0.2) is 24.2 Å². The van der Waals surface area contributed by atoms with Gasteiger partial charge >= 0.3 is 5.97 Å². The molecule has 1 aromatic carbocycles. The molecule has 0 bridgehead atoms. The Labute approximate surface area is 168 Å². The van der Waals surface area contributed by atoms with Crippen LogP contribution in [0.2, 0.25) is 0 Å². The number of nitrogens with one attached hydrogen (secondary N) is 1. The summed E-state index contributed by atoms with van der Waals surface area (Å²) < 4.78 is 5.24. The fourth-order valence-electron chi connectivity index (χ4n) is 3.16. The molecule has 1 aromatic heterocycles. The number of hydrogen-bond acceptors (Lipinski definition) is 5. The predicted octanol–water partition coefficient (Wildman–Crippen LogP) is 5.23. The van der Waals surface area contributed by atoms with Gasteiger partial charge in [-0.1, -0.05) is 17.7 Å². The van der Waals surface area contributed by atoms with E-state index in [9.17, 15) is 9.59 Å². The lowest BCUT2D eigenvalue weighted by Crippen LogP contribution is -2.16. The van der Waals surface area contributed by atoms with Gasteiger partial charge in [0.05, 0.1) is 12.2 Å². The van der Waals surface area contributed by atoms with Crippen LogP contribution in [0.3, 0.4) is 0 Å². The number of anilines is 1. The minimum absolute atomic E-state index is 0.0567. The van der Waals surface area contributed by atoms with Crippen LogP contribution in [0.25, 0.3) is 0 Å². The van der Waals surface area contributed by atoms with Crippen molar-refractivity contribution in [2.75, 3.05) is 17.7 Å². The van der Waals surface area contributed by atoms with Crippen LogP contribution in [0.1, 0.15) is 52.5 Å². The maximum atomic E-state index is 12.4.